The van der Waals surface area contributed by atoms with Crippen LogP contribution in [-0.2, 0) is 6.54 Å². The van der Waals surface area contributed by atoms with Crippen LogP contribution in [-0.4, -0.2) is 16.8 Å². The van der Waals surface area contributed by atoms with Crippen molar-refractivity contribution in [3.05, 3.63) is 46.3 Å². The molecule has 1 aromatic carbocycles. The van der Waals surface area contributed by atoms with Gasteiger partial charge in [0.15, 0.2) is 0 Å². The fourth-order valence-corrected chi connectivity index (χ4v) is 2.29. The van der Waals surface area contributed by atoms with E-state index in [-0.39, 0.29) is 0 Å². The zero-order chi connectivity index (χ0) is 13.3. The molecule has 0 saturated heterocycles. The van der Waals surface area contributed by atoms with Gasteiger partial charge in [-0.2, -0.15) is 5.10 Å². The van der Waals surface area contributed by atoms with E-state index in [1.807, 2.05) is 7.05 Å². The van der Waals surface area contributed by atoms with Crippen LogP contribution in [0, 0.1) is 27.7 Å². The molecule has 0 saturated carbocycles. The van der Waals surface area contributed by atoms with Gasteiger partial charge in [0.25, 0.3) is 0 Å². The molecule has 2 rings (SSSR count). The van der Waals surface area contributed by atoms with Crippen molar-refractivity contribution in [2.24, 2.45) is 0 Å². The molecule has 2 aromatic rings. The van der Waals surface area contributed by atoms with Crippen LogP contribution < -0.4 is 5.32 Å². The lowest BCUT2D eigenvalue weighted by molar-refractivity contribution is 0.799. The predicted molar refractivity (Wildman–Crippen MR) is 75.3 cm³/mol. The smallest absolute Gasteiger partial charge is 0.0680 e. The van der Waals surface area contributed by atoms with Crippen molar-refractivity contribution in [3.8, 4) is 5.69 Å². The van der Waals surface area contributed by atoms with Crippen LogP contribution >= 0.6 is 0 Å². The molecule has 0 aliphatic carbocycles. The average molecular weight is 243 g/mol. The lowest BCUT2D eigenvalue weighted by atomic mass is 10.1. The summed E-state index contributed by atoms with van der Waals surface area (Å²) in [6.45, 7) is 9.31. The minimum Gasteiger partial charge on any atom is -0.316 e. The minimum absolute atomic E-state index is 0.864. The quantitative estimate of drug-likeness (QED) is 0.898. The summed E-state index contributed by atoms with van der Waals surface area (Å²) in [4.78, 5) is 0. The van der Waals surface area contributed by atoms with E-state index in [1.54, 1.807) is 0 Å². The number of nitrogens with zero attached hydrogens (tertiary/aromatic N) is 2. The molecular formula is C15H21N3. The molecule has 0 spiro atoms. The fourth-order valence-electron chi connectivity index (χ4n) is 2.29. The van der Waals surface area contributed by atoms with Crippen LogP contribution in [0.1, 0.15) is 28.1 Å². The van der Waals surface area contributed by atoms with E-state index >= 15 is 0 Å². The summed E-state index contributed by atoms with van der Waals surface area (Å²) in [7, 11) is 1.97. The number of aryl methyl sites for hydroxylation is 3. The van der Waals surface area contributed by atoms with Crippen LogP contribution in [0.25, 0.3) is 5.69 Å². The van der Waals surface area contributed by atoms with E-state index in [2.05, 4.69) is 61.0 Å². The monoisotopic (exact) mass is 243 g/mol. The van der Waals surface area contributed by atoms with E-state index in [9.17, 15) is 0 Å². The minimum atomic E-state index is 0.864. The van der Waals surface area contributed by atoms with Gasteiger partial charge in [-0.1, -0.05) is 12.1 Å². The lowest BCUT2D eigenvalue weighted by Gasteiger charge is -2.09. The maximum Gasteiger partial charge on any atom is 0.0680 e. The number of aromatic nitrogens is 2. The SMILES string of the molecule is CNCc1c(C)nn(-c2cc(C)ccc2C)c1C. The third kappa shape index (κ3) is 2.18. The molecule has 0 aliphatic heterocycles. The summed E-state index contributed by atoms with van der Waals surface area (Å²) in [5, 5.41) is 7.88. The highest BCUT2D eigenvalue weighted by Crippen LogP contribution is 2.21. The number of hydrogen-bond donors (Lipinski definition) is 1. The highest BCUT2D eigenvalue weighted by atomic mass is 15.3. The molecule has 0 unspecified atom stereocenters. The molecule has 96 valence electrons. The fraction of sp³-hybridized carbons (Fsp3) is 0.400. The van der Waals surface area contributed by atoms with E-state index < -0.39 is 0 Å². The Kier molecular flexibility index (Phi) is 3.53. The first-order valence-corrected chi connectivity index (χ1v) is 6.32. The van der Waals surface area contributed by atoms with Crippen molar-refractivity contribution in [2.45, 2.75) is 34.2 Å². The molecule has 18 heavy (non-hydrogen) atoms. The number of rotatable bonds is 3. The third-order valence-electron chi connectivity index (χ3n) is 3.39. The van der Waals surface area contributed by atoms with Crippen LogP contribution in [0.2, 0.25) is 0 Å². The summed E-state index contributed by atoms with van der Waals surface area (Å²) >= 11 is 0. The lowest BCUT2D eigenvalue weighted by Crippen LogP contribution is -2.07. The Balaban J connectivity index is 2.57. The molecule has 0 bridgehead atoms. The molecule has 0 atom stereocenters. The highest BCUT2D eigenvalue weighted by molar-refractivity contribution is 5.45. The number of hydrogen-bond acceptors (Lipinski definition) is 2. The molecule has 0 aliphatic rings. The Hall–Kier alpha value is -1.61. The normalized spacial score (nSPS) is 10.9. The molecule has 0 radical (unpaired) electrons. The third-order valence-corrected chi connectivity index (χ3v) is 3.39. The second-order valence-corrected chi connectivity index (χ2v) is 4.88. The molecule has 1 heterocycles. The molecule has 0 amide bonds. The van der Waals surface area contributed by atoms with E-state index in [0.717, 1.165) is 12.2 Å². The van der Waals surface area contributed by atoms with Gasteiger partial charge < -0.3 is 5.32 Å². The van der Waals surface area contributed by atoms with Crippen LogP contribution in [0.4, 0.5) is 0 Å². The first kappa shape index (κ1) is 12.8. The second kappa shape index (κ2) is 4.94. The first-order valence-electron chi connectivity index (χ1n) is 6.32. The van der Waals surface area contributed by atoms with Gasteiger partial charge in [-0.3, -0.25) is 0 Å². The highest BCUT2D eigenvalue weighted by Gasteiger charge is 2.13. The van der Waals surface area contributed by atoms with Crippen LogP contribution in [0.5, 0.6) is 0 Å². The molecular weight excluding hydrogens is 222 g/mol. The molecule has 3 nitrogen and oxygen atoms in total. The van der Waals surface area contributed by atoms with Gasteiger partial charge in [0, 0.05) is 17.8 Å². The zero-order valence-corrected chi connectivity index (χ0v) is 11.8. The Labute approximate surface area is 109 Å². The second-order valence-electron chi connectivity index (χ2n) is 4.88. The van der Waals surface area contributed by atoms with Gasteiger partial charge in [0.05, 0.1) is 11.4 Å². The van der Waals surface area contributed by atoms with Crippen molar-refractivity contribution >= 4 is 0 Å². The molecule has 0 fully saturated rings. The predicted octanol–water partition coefficient (Wildman–Crippen LogP) is 2.83. The topological polar surface area (TPSA) is 29.9 Å². The van der Waals surface area contributed by atoms with Gasteiger partial charge in [0.2, 0.25) is 0 Å². The standard InChI is InChI=1S/C15H21N3/c1-10-6-7-11(2)15(8-10)18-13(4)14(9-16-5)12(3)17-18/h6-8,16H,9H2,1-5H3. The van der Waals surface area contributed by atoms with Gasteiger partial charge in [0.1, 0.15) is 0 Å². The molecule has 1 N–H and O–H groups in total. The summed E-state index contributed by atoms with van der Waals surface area (Å²) < 4.78 is 2.06. The number of benzene rings is 1. The van der Waals surface area contributed by atoms with Gasteiger partial charge in [-0.25, -0.2) is 4.68 Å². The summed E-state index contributed by atoms with van der Waals surface area (Å²) in [5.41, 5.74) is 7.30. The van der Waals surface area contributed by atoms with Crippen molar-refractivity contribution in [1.82, 2.24) is 15.1 Å². The Morgan fingerprint density at radius 2 is 1.89 bits per heavy atom. The van der Waals surface area contributed by atoms with Gasteiger partial charge >= 0.3 is 0 Å². The van der Waals surface area contributed by atoms with Gasteiger partial charge in [-0.15, -0.1) is 0 Å². The van der Waals surface area contributed by atoms with Crippen LogP contribution in [0.3, 0.4) is 0 Å². The molecule has 1 aromatic heterocycles. The average Bonchev–Trinajstić information content (AvgIpc) is 2.61. The Morgan fingerprint density at radius 3 is 2.56 bits per heavy atom. The van der Waals surface area contributed by atoms with Crippen molar-refractivity contribution in [2.75, 3.05) is 7.05 Å². The molecule has 3 heteroatoms. The summed E-state index contributed by atoms with van der Waals surface area (Å²) in [6, 6.07) is 6.48. The maximum absolute atomic E-state index is 4.68. The largest absolute Gasteiger partial charge is 0.316 e. The number of nitrogens with one attached hydrogen (secondary N) is 1. The van der Waals surface area contributed by atoms with Crippen LogP contribution in [0.15, 0.2) is 18.2 Å². The van der Waals surface area contributed by atoms with Crippen molar-refractivity contribution in [3.63, 3.8) is 0 Å². The Morgan fingerprint density at radius 1 is 1.17 bits per heavy atom. The van der Waals surface area contributed by atoms with Gasteiger partial charge in [-0.05, 0) is 51.9 Å². The van der Waals surface area contributed by atoms with E-state index in [1.165, 1.54) is 28.1 Å². The first-order chi connectivity index (χ1) is 8.54. The summed E-state index contributed by atoms with van der Waals surface area (Å²) in [6.07, 6.45) is 0. The zero-order valence-electron chi connectivity index (χ0n) is 11.8. The van der Waals surface area contributed by atoms with E-state index in [0.29, 0.717) is 0 Å². The maximum atomic E-state index is 4.68. The summed E-state index contributed by atoms with van der Waals surface area (Å²) in [5.74, 6) is 0. The Bertz CT molecular complexity index is 567. The van der Waals surface area contributed by atoms with Crippen molar-refractivity contribution in [1.29, 1.82) is 0 Å². The van der Waals surface area contributed by atoms with Crippen molar-refractivity contribution < 1.29 is 0 Å². The van der Waals surface area contributed by atoms with E-state index in [4.69, 9.17) is 0 Å².